The maximum Gasteiger partial charge on any atom is 0.337 e. The fourth-order valence-electron chi connectivity index (χ4n) is 4.31. The van der Waals surface area contributed by atoms with E-state index in [4.69, 9.17) is 4.42 Å². The average Bonchev–Trinajstić information content (AvgIpc) is 3.22. The summed E-state index contributed by atoms with van der Waals surface area (Å²) < 4.78 is 8.01. The quantitative estimate of drug-likeness (QED) is 0.330. The van der Waals surface area contributed by atoms with Gasteiger partial charge >= 0.3 is 5.97 Å². The molecule has 0 fully saturated rings. The molecule has 0 aliphatic carbocycles. The molecule has 2 heterocycles. The van der Waals surface area contributed by atoms with Gasteiger partial charge in [0.15, 0.2) is 5.43 Å². The number of para-hydroxylation sites is 1. The van der Waals surface area contributed by atoms with Crippen molar-refractivity contribution in [3.8, 4) is 11.3 Å². The number of aromatic nitrogens is 2. The number of nitrogens with zero attached hydrogens (tertiary/aromatic N) is 2. The number of hydrogen-bond acceptors (Lipinski definition) is 6. The number of rotatable bonds is 6. The van der Waals surface area contributed by atoms with E-state index in [2.05, 4.69) is 10.4 Å². The van der Waals surface area contributed by atoms with E-state index in [-0.39, 0.29) is 17.6 Å². The minimum absolute atomic E-state index is 0.133. The Kier molecular flexibility index (Phi) is 5.58. The minimum atomic E-state index is -1.05. The third kappa shape index (κ3) is 4.15. The topological polar surface area (TPSA) is 118 Å². The van der Waals surface area contributed by atoms with Crippen LogP contribution in [0.4, 0.5) is 5.69 Å². The molecule has 0 amide bonds. The molecule has 8 nitrogen and oxygen atoms in total. The second-order valence-corrected chi connectivity index (χ2v) is 8.49. The summed E-state index contributed by atoms with van der Waals surface area (Å²) in [5, 5.41) is 28.2. The number of aliphatic hydroxyl groups excluding tert-OH is 1. The molecule has 0 saturated heterocycles. The van der Waals surface area contributed by atoms with Crippen LogP contribution in [-0.2, 0) is 13.7 Å². The molecule has 0 radical (unpaired) electrons. The monoisotopic (exact) mass is 469 g/mol. The van der Waals surface area contributed by atoms with Gasteiger partial charge in [-0.25, -0.2) is 4.79 Å². The molecule has 0 saturated carbocycles. The molecule has 0 spiro atoms. The molecule has 0 bridgehead atoms. The highest BCUT2D eigenvalue weighted by atomic mass is 16.4. The molecular weight excluding hydrogens is 446 g/mol. The number of hydrogen-bond donors (Lipinski definition) is 3. The van der Waals surface area contributed by atoms with Crippen LogP contribution < -0.4 is 10.7 Å². The summed E-state index contributed by atoms with van der Waals surface area (Å²) in [6.45, 7) is 1.60. The normalized spacial score (nSPS) is 12.2. The fraction of sp³-hybridized carbons (Fsp3) is 0.148. The van der Waals surface area contributed by atoms with Crippen molar-refractivity contribution in [3.05, 3.63) is 93.8 Å². The average molecular weight is 469 g/mol. The number of carbonyl (C=O) groups is 1. The van der Waals surface area contributed by atoms with Crippen molar-refractivity contribution < 1.29 is 19.4 Å². The second-order valence-electron chi connectivity index (χ2n) is 8.49. The van der Waals surface area contributed by atoms with Gasteiger partial charge in [0, 0.05) is 41.5 Å². The lowest BCUT2D eigenvalue weighted by Gasteiger charge is -2.19. The van der Waals surface area contributed by atoms with Crippen molar-refractivity contribution in [1.82, 2.24) is 9.78 Å². The van der Waals surface area contributed by atoms with E-state index in [1.54, 1.807) is 35.0 Å². The fourth-order valence-corrected chi connectivity index (χ4v) is 4.31. The smallest absolute Gasteiger partial charge is 0.337 e. The number of carboxylic acid groups (broad SMARTS) is 1. The molecule has 3 N–H and O–H groups in total. The third-order valence-corrected chi connectivity index (χ3v) is 6.00. The van der Waals surface area contributed by atoms with E-state index < -0.39 is 12.0 Å². The number of aryl methyl sites for hydroxylation is 1. The number of aliphatic hydroxyl groups is 1. The van der Waals surface area contributed by atoms with Crippen LogP contribution in [0, 0.1) is 0 Å². The first-order valence-corrected chi connectivity index (χ1v) is 11.1. The van der Waals surface area contributed by atoms with Crippen molar-refractivity contribution in [2.75, 3.05) is 5.32 Å². The molecule has 8 heteroatoms. The van der Waals surface area contributed by atoms with Gasteiger partial charge in [0.25, 0.3) is 0 Å². The van der Waals surface area contributed by atoms with Gasteiger partial charge < -0.3 is 19.9 Å². The maximum absolute atomic E-state index is 13.1. The first kappa shape index (κ1) is 22.4. The second kappa shape index (κ2) is 8.73. The van der Waals surface area contributed by atoms with E-state index in [9.17, 15) is 19.8 Å². The van der Waals surface area contributed by atoms with Gasteiger partial charge in [0.05, 0.1) is 29.1 Å². The summed E-state index contributed by atoms with van der Waals surface area (Å²) in [5.74, 6) is -0.640. The van der Waals surface area contributed by atoms with Gasteiger partial charge in [0.1, 0.15) is 11.3 Å². The molecule has 1 atom stereocenters. The van der Waals surface area contributed by atoms with E-state index in [0.717, 1.165) is 16.5 Å². The zero-order chi connectivity index (χ0) is 24.7. The van der Waals surface area contributed by atoms with Crippen molar-refractivity contribution in [3.63, 3.8) is 0 Å². The lowest BCUT2D eigenvalue weighted by Crippen LogP contribution is -2.13. The first-order chi connectivity index (χ1) is 16.8. The summed E-state index contributed by atoms with van der Waals surface area (Å²) in [4.78, 5) is 24.8. The number of aromatic carboxylic acids is 1. The van der Waals surface area contributed by atoms with Gasteiger partial charge in [-0.05, 0) is 55.0 Å². The summed E-state index contributed by atoms with van der Waals surface area (Å²) in [5.41, 5.74) is 3.48. The summed E-state index contributed by atoms with van der Waals surface area (Å²) >= 11 is 0. The highest BCUT2D eigenvalue weighted by Gasteiger charge is 2.19. The number of nitrogens with one attached hydrogen (secondary N) is 1. The third-order valence-electron chi connectivity index (χ3n) is 6.00. The minimum Gasteiger partial charge on any atom is -0.478 e. The van der Waals surface area contributed by atoms with Gasteiger partial charge in [-0.15, -0.1) is 0 Å². The SMILES string of the molecule is CC(Nc1ccccc1C(=O)O)c1cc(CO)cc2c(=O)cc(-c3ccc4nn(C)cc4c3)oc12. The standard InChI is InChI=1S/C27H23N3O5/c1-15(28-23-6-4-3-5-19(23)27(33)34)20-9-16(14-31)10-21-24(32)12-25(35-26(20)21)17-7-8-22-18(11-17)13-30(2)29-22/h3-13,15,28,31H,14H2,1-2H3,(H,33,34). The number of anilines is 1. The Morgan fingerprint density at radius 2 is 1.94 bits per heavy atom. The van der Waals surface area contributed by atoms with E-state index >= 15 is 0 Å². The van der Waals surface area contributed by atoms with Crippen molar-refractivity contribution in [2.45, 2.75) is 19.6 Å². The Balaban J connectivity index is 1.65. The predicted molar refractivity (Wildman–Crippen MR) is 134 cm³/mol. The predicted octanol–water partition coefficient (Wildman–Crippen LogP) is 4.71. The molecular formula is C27H23N3O5. The Labute approximate surface area is 200 Å². The van der Waals surface area contributed by atoms with E-state index in [1.165, 1.54) is 12.1 Å². The molecule has 5 rings (SSSR count). The van der Waals surface area contributed by atoms with Crippen LogP contribution in [0.25, 0.3) is 33.2 Å². The Bertz CT molecular complexity index is 1650. The summed E-state index contributed by atoms with van der Waals surface area (Å²) in [7, 11) is 1.84. The van der Waals surface area contributed by atoms with Crippen LogP contribution in [0.1, 0.15) is 34.5 Å². The first-order valence-electron chi connectivity index (χ1n) is 11.1. The Hall–Kier alpha value is -4.43. The van der Waals surface area contributed by atoms with Gasteiger partial charge in [0.2, 0.25) is 0 Å². The number of benzene rings is 3. The van der Waals surface area contributed by atoms with Crippen LogP contribution >= 0.6 is 0 Å². The zero-order valence-corrected chi connectivity index (χ0v) is 19.1. The molecule has 1 unspecified atom stereocenters. The van der Waals surface area contributed by atoms with Crippen LogP contribution in [0.5, 0.6) is 0 Å². The Morgan fingerprint density at radius 3 is 2.71 bits per heavy atom. The van der Waals surface area contributed by atoms with Crippen LogP contribution in [0.2, 0.25) is 0 Å². The van der Waals surface area contributed by atoms with Crippen molar-refractivity contribution in [2.24, 2.45) is 7.05 Å². The maximum atomic E-state index is 13.1. The molecule has 176 valence electrons. The highest BCUT2D eigenvalue weighted by molar-refractivity contribution is 5.94. The Morgan fingerprint density at radius 1 is 1.14 bits per heavy atom. The summed E-state index contributed by atoms with van der Waals surface area (Å²) in [6.07, 6.45) is 1.89. The molecule has 3 aromatic carbocycles. The lowest BCUT2D eigenvalue weighted by molar-refractivity contribution is 0.0698. The van der Waals surface area contributed by atoms with Crippen LogP contribution in [0.15, 0.2) is 76.1 Å². The molecule has 2 aromatic heterocycles. The zero-order valence-electron chi connectivity index (χ0n) is 19.1. The van der Waals surface area contributed by atoms with Crippen LogP contribution in [0.3, 0.4) is 0 Å². The largest absolute Gasteiger partial charge is 0.478 e. The van der Waals surface area contributed by atoms with E-state index in [1.807, 2.05) is 38.4 Å². The summed E-state index contributed by atoms with van der Waals surface area (Å²) in [6, 6.07) is 16.7. The molecule has 35 heavy (non-hydrogen) atoms. The van der Waals surface area contributed by atoms with Crippen LogP contribution in [-0.4, -0.2) is 26.0 Å². The van der Waals surface area contributed by atoms with E-state index in [0.29, 0.717) is 33.5 Å². The van der Waals surface area contributed by atoms with Crippen molar-refractivity contribution >= 4 is 33.5 Å². The number of fused-ring (bicyclic) bond motifs is 2. The number of carboxylic acids is 1. The lowest BCUT2D eigenvalue weighted by atomic mass is 9.99. The molecule has 0 aliphatic rings. The van der Waals surface area contributed by atoms with Crippen molar-refractivity contribution in [1.29, 1.82) is 0 Å². The highest BCUT2D eigenvalue weighted by Crippen LogP contribution is 2.32. The molecule has 0 aliphatic heterocycles. The van der Waals surface area contributed by atoms with Gasteiger partial charge in [-0.1, -0.05) is 12.1 Å². The molecule has 5 aromatic rings. The van der Waals surface area contributed by atoms with Gasteiger partial charge in [-0.2, -0.15) is 5.10 Å². The van der Waals surface area contributed by atoms with Gasteiger partial charge in [-0.3, -0.25) is 9.48 Å².